The molecule has 0 saturated carbocycles. The summed E-state index contributed by atoms with van der Waals surface area (Å²) in [5, 5.41) is 6.62. The number of anilines is 1. The van der Waals surface area contributed by atoms with Crippen LogP contribution < -0.4 is 21.2 Å². The molecule has 27 heavy (non-hydrogen) atoms. The summed E-state index contributed by atoms with van der Waals surface area (Å²) in [5.41, 5.74) is 7.90. The fourth-order valence-corrected chi connectivity index (χ4v) is 2.13. The third kappa shape index (κ3) is 6.61. The molecule has 0 aliphatic rings. The number of nitrogens with zero attached hydrogens (tertiary/aromatic N) is 1. The summed E-state index contributed by atoms with van der Waals surface area (Å²) in [7, 11) is 0. The van der Waals surface area contributed by atoms with Crippen LogP contribution in [0.15, 0.2) is 47.6 Å². The van der Waals surface area contributed by atoms with Crippen molar-refractivity contribution in [3.8, 4) is 5.75 Å². The highest BCUT2D eigenvalue weighted by Crippen LogP contribution is 2.25. The molecular weight excluding hydrogens is 395 g/mol. The number of hydrogen-bond acceptors (Lipinski definition) is 5. The molecule has 0 heterocycles. The van der Waals surface area contributed by atoms with E-state index in [2.05, 4.69) is 15.8 Å². The maximum atomic E-state index is 11.8. The lowest BCUT2D eigenvalue weighted by Gasteiger charge is -2.06. The molecule has 0 atom stereocenters. The number of primary amides is 1. The van der Waals surface area contributed by atoms with E-state index in [0.29, 0.717) is 16.3 Å². The van der Waals surface area contributed by atoms with Crippen molar-refractivity contribution < 1.29 is 19.1 Å². The zero-order valence-corrected chi connectivity index (χ0v) is 15.3. The molecule has 0 fully saturated rings. The molecule has 0 unspecified atom stereocenters. The van der Waals surface area contributed by atoms with E-state index in [1.807, 2.05) is 0 Å². The van der Waals surface area contributed by atoms with Crippen LogP contribution in [0, 0.1) is 0 Å². The molecule has 0 bridgehead atoms. The molecule has 0 aromatic heterocycles. The second-order valence-corrected chi connectivity index (χ2v) is 5.95. The SMILES string of the molecule is NC(=O)COc1ccc(/C=N/NC(=O)C(=O)Nc2cc(Cl)ccc2Cl)cc1. The Bertz CT molecular complexity index is 885. The average molecular weight is 409 g/mol. The van der Waals surface area contributed by atoms with Crippen LogP contribution in [0.1, 0.15) is 5.56 Å². The molecule has 0 saturated heterocycles. The fourth-order valence-electron chi connectivity index (χ4n) is 1.79. The van der Waals surface area contributed by atoms with Crippen LogP contribution in [-0.2, 0) is 14.4 Å². The number of amides is 3. The number of carbonyl (C=O) groups excluding carboxylic acids is 3. The van der Waals surface area contributed by atoms with Crippen molar-refractivity contribution in [3.05, 3.63) is 58.1 Å². The first-order chi connectivity index (χ1) is 12.8. The van der Waals surface area contributed by atoms with Crippen LogP contribution in [0.3, 0.4) is 0 Å². The van der Waals surface area contributed by atoms with Crippen molar-refractivity contribution in [2.24, 2.45) is 10.8 Å². The Morgan fingerprint density at radius 1 is 1.07 bits per heavy atom. The van der Waals surface area contributed by atoms with Gasteiger partial charge in [-0.3, -0.25) is 14.4 Å². The van der Waals surface area contributed by atoms with Gasteiger partial charge in [-0.2, -0.15) is 5.10 Å². The first-order valence-corrected chi connectivity index (χ1v) is 8.21. The predicted octanol–water partition coefficient (Wildman–Crippen LogP) is 1.95. The Morgan fingerprint density at radius 2 is 1.78 bits per heavy atom. The van der Waals surface area contributed by atoms with E-state index in [0.717, 1.165) is 0 Å². The minimum absolute atomic E-state index is 0.208. The van der Waals surface area contributed by atoms with Gasteiger partial charge in [0.25, 0.3) is 5.91 Å². The van der Waals surface area contributed by atoms with E-state index >= 15 is 0 Å². The van der Waals surface area contributed by atoms with Crippen molar-refractivity contribution in [1.82, 2.24) is 5.43 Å². The minimum atomic E-state index is -0.983. The molecular formula is C17H14Cl2N4O4. The maximum absolute atomic E-state index is 11.8. The van der Waals surface area contributed by atoms with E-state index in [-0.39, 0.29) is 17.3 Å². The van der Waals surface area contributed by atoms with Gasteiger partial charge >= 0.3 is 11.8 Å². The second kappa shape index (κ2) is 9.56. The molecule has 10 heteroatoms. The first kappa shape index (κ1) is 20.2. The van der Waals surface area contributed by atoms with Crippen molar-refractivity contribution in [2.45, 2.75) is 0 Å². The van der Waals surface area contributed by atoms with E-state index < -0.39 is 17.7 Å². The molecule has 140 valence electrons. The smallest absolute Gasteiger partial charge is 0.329 e. The highest BCUT2D eigenvalue weighted by molar-refractivity contribution is 6.42. The average Bonchev–Trinajstić information content (AvgIpc) is 2.63. The van der Waals surface area contributed by atoms with E-state index in [1.54, 1.807) is 30.3 Å². The van der Waals surface area contributed by atoms with Gasteiger partial charge in [0.15, 0.2) is 6.61 Å². The fraction of sp³-hybridized carbons (Fsp3) is 0.0588. The number of nitrogens with two attached hydrogens (primary N) is 1. The molecule has 3 amide bonds. The summed E-state index contributed by atoms with van der Waals surface area (Å²) in [5.74, 6) is -2.07. The lowest BCUT2D eigenvalue weighted by atomic mass is 10.2. The lowest BCUT2D eigenvalue weighted by Crippen LogP contribution is -2.32. The molecule has 2 rings (SSSR count). The van der Waals surface area contributed by atoms with Crippen molar-refractivity contribution in [2.75, 3.05) is 11.9 Å². The third-order valence-corrected chi connectivity index (χ3v) is 3.59. The van der Waals surface area contributed by atoms with Crippen LogP contribution in [0.4, 0.5) is 5.69 Å². The quantitative estimate of drug-likeness (QED) is 0.383. The Hall–Kier alpha value is -3.10. The number of carbonyl (C=O) groups is 3. The molecule has 8 nitrogen and oxygen atoms in total. The topological polar surface area (TPSA) is 123 Å². The second-order valence-electron chi connectivity index (χ2n) is 5.10. The summed E-state index contributed by atoms with van der Waals surface area (Å²) >= 11 is 11.7. The van der Waals surface area contributed by atoms with Crippen LogP contribution in [-0.4, -0.2) is 30.5 Å². The van der Waals surface area contributed by atoms with Gasteiger partial charge in [0.2, 0.25) is 0 Å². The van der Waals surface area contributed by atoms with Crippen LogP contribution >= 0.6 is 23.2 Å². The molecule has 0 aliphatic carbocycles. The number of halogens is 2. The van der Waals surface area contributed by atoms with Gasteiger partial charge in [0, 0.05) is 5.02 Å². The third-order valence-electron chi connectivity index (χ3n) is 3.02. The van der Waals surface area contributed by atoms with Crippen LogP contribution in [0.5, 0.6) is 5.75 Å². The van der Waals surface area contributed by atoms with Gasteiger partial charge < -0.3 is 15.8 Å². The zero-order chi connectivity index (χ0) is 19.8. The van der Waals surface area contributed by atoms with Gasteiger partial charge in [-0.25, -0.2) is 5.43 Å². The number of ether oxygens (including phenoxy) is 1. The highest BCUT2D eigenvalue weighted by Gasteiger charge is 2.14. The Morgan fingerprint density at radius 3 is 2.44 bits per heavy atom. The summed E-state index contributed by atoms with van der Waals surface area (Å²) in [6, 6.07) is 10.9. The lowest BCUT2D eigenvalue weighted by molar-refractivity contribution is -0.136. The maximum Gasteiger partial charge on any atom is 0.329 e. The first-order valence-electron chi connectivity index (χ1n) is 7.46. The molecule has 0 aliphatic heterocycles. The van der Waals surface area contributed by atoms with Crippen LogP contribution in [0.2, 0.25) is 10.0 Å². The molecule has 2 aromatic rings. The molecule has 4 N–H and O–H groups in total. The summed E-state index contributed by atoms with van der Waals surface area (Å²) in [4.78, 5) is 34.2. The van der Waals surface area contributed by atoms with Gasteiger partial charge in [-0.15, -0.1) is 0 Å². The van der Waals surface area contributed by atoms with Gasteiger partial charge in [-0.05, 0) is 48.0 Å². The van der Waals surface area contributed by atoms with Gasteiger partial charge in [-0.1, -0.05) is 23.2 Å². The number of nitrogens with one attached hydrogen (secondary N) is 2. The Labute approximate surface area is 164 Å². The Kier molecular flexibility index (Phi) is 7.16. The summed E-state index contributed by atoms with van der Waals surface area (Å²) in [6.45, 7) is -0.227. The van der Waals surface area contributed by atoms with Crippen LogP contribution in [0.25, 0.3) is 0 Å². The standard InChI is InChI=1S/C17H14Cl2N4O4/c18-11-3-6-13(19)14(7-11)22-16(25)17(26)23-21-8-10-1-4-12(5-2-10)27-9-15(20)24/h1-8H,9H2,(H2,20,24)(H,22,25)(H,23,26)/b21-8+. The summed E-state index contributed by atoms with van der Waals surface area (Å²) in [6.07, 6.45) is 1.33. The number of benzene rings is 2. The van der Waals surface area contributed by atoms with Crippen molar-refractivity contribution in [1.29, 1.82) is 0 Å². The predicted molar refractivity (Wildman–Crippen MR) is 102 cm³/mol. The number of hydrazone groups is 1. The summed E-state index contributed by atoms with van der Waals surface area (Å²) < 4.78 is 5.11. The molecule has 2 aromatic carbocycles. The minimum Gasteiger partial charge on any atom is -0.484 e. The van der Waals surface area contributed by atoms with Gasteiger partial charge in [0.05, 0.1) is 16.9 Å². The normalized spacial score (nSPS) is 10.4. The zero-order valence-electron chi connectivity index (χ0n) is 13.7. The molecule has 0 spiro atoms. The Balaban J connectivity index is 1.87. The highest BCUT2D eigenvalue weighted by atomic mass is 35.5. The van der Waals surface area contributed by atoms with Gasteiger partial charge in [0.1, 0.15) is 5.75 Å². The molecule has 0 radical (unpaired) electrons. The van der Waals surface area contributed by atoms with E-state index in [9.17, 15) is 14.4 Å². The monoisotopic (exact) mass is 408 g/mol. The number of hydrogen-bond donors (Lipinski definition) is 3. The van der Waals surface area contributed by atoms with E-state index in [1.165, 1.54) is 18.3 Å². The van der Waals surface area contributed by atoms with E-state index in [4.69, 9.17) is 33.7 Å². The van der Waals surface area contributed by atoms with Crippen molar-refractivity contribution >= 4 is 52.8 Å². The van der Waals surface area contributed by atoms with Crippen molar-refractivity contribution in [3.63, 3.8) is 0 Å². The number of rotatable bonds is 6. The largest absolute Gasteiger partial charge is 0.484 e.